The van der Waals surface area contributed by atoms with E-state index in [9.17, 15) is 0 Å². The number of halogens is 1. The van der Waals surface area contributed by atoms with Crippen molar-refractivity contribution in [1.82, 2.24) is 5.32 Å². The molecule has 18 heavy (non-hydrogen) atoms. The highest BCUT2D eigenvalue weighted by molar-refractivity contribution is 6.30. The van der Waals surface area contributed by atoms with Gasteiger partial charge in [-0.15, -0.1) is 0 Å². The fourth-order valence-corrected chi connectivity index (χ4v) is 2.30. The van der Waals surface area contributed by atoms with Crippen LogP contribution >= 0.6 is 11.6 Å². The number of unbranched alkanes of at least 4 members (excludes halogenated alkanes) is 2. The van der Waals surface area contributed by atoms with Gasteiger partial charge in [0.2, 0.25) is 0 Å². The molecule has 0 spiro atoms. The minimum atomic E-state index is 0.609. The number of hydrogen-bond acceptors (Lipinski definition) is 1. The molecule has 0 aromatic heterocycles. The van der Waals surface area contributed by atoms with Crippen LogP contribution in [0.25, 0.3) is 0 Å². The summed E-state index contributed by atoms with van der Waals surface area (Å²) in [5, 5.41) is 4.48. The molecule has 0 aliphatic rings. The first-order valence-corrected chi connectivity index (χ1v) is 7.61. The molecule has 102 valence electrons. The summed E-state index contributed by atoms with van der Waals surface area (Å²) < 4.78 is 0. The molecule has 0 saturated heterocycles. The third-order valence-corrected chi connectivity index (χ3v) is 3.49. The molecule has 0 amide bonds. The van der Waals surface area contributed by atoms with Gasteiger partial charge in [-0.05, 0) is 43.5 Å². The van der Waals surface area contributed by atoms with Crippen molar-refractivity contribution in [3.05, 3.63) is 34.9 Å². The molecule has 0 aliphatic carbocycles. The molecule has 1 unspecified atom stereocenters. The van der Waals surface area contributed by atoms with Gasteiger partial charge in [0.15, 0.2) is 0 Å². The zero-order valence-corrected chi connectivity index (χ0v) is 12.5. The largest absolute Gasteiger partial charge is 0.314 e. The molecular formula is C16H26ClN. The molecule has 1 N–H and O–H groups in total. The average Bonchev–Trinajstić information content (AvgIpc) is 2.38. The van der Waals surface area contributed by atoms with Crippen molar-refractivity contribution in [1.29, 1.82) is 0 Å². The first-order valence-electron chi connectivity index (χ1n) is 7.24. The van der Waals surface area contributed by atoms with Gasteiger partial charge in [-0.3, -0.25) is 0 Å². The van der Waals surface area contributed by atoms with Crippen molar-refractivity contribution in [3.63, 3.8) is 0 Å². The van der Waals surface area contributed by atoms with Crippen LogP contribution in [-0.2, 0) is 6.42 Å². The van der Waals surface area contributed by atoms with Crippen LogP contribution in [0.1, 0.15) is 51.5 Å². The van der Waals surface area contributed by atoms with E-state index in [4.69, 9.17) is 11.6 Å². The zero-order valence-electron chi connectivity index (χ0n) is 11.7. The summed E-state index contributed by atoms with van der Waals surface area (Å²) in [4.78, 5) is 0. The van der Waals surface area contributed by atoms with Crippen LogP contribution in [0.4, 0.5) is 0 Å². The second-order valence-corrected chi connectivity index (χ2v) is 5.41. The Bertz CT molecular complexity index is 307. The van der Waals surface area contributed by atoms with Crippen molar-refractivity contribution in [2.24, 2.45) is 0 Å². The van der Waals surface area contributed by atoms with Gasteiger partial charge in [-0.25, -0.2) is 0 Å². The molecule has 0 bridgehead atoms. The summed E-state index contributed by atoms with van der Waals surface area (Å²) in [5.74, 6) is 0. The molecule has 2 heteroatoms. The summed E-state index contributed by atoms with van der Waals surface area (Å²) in [5.41, 5.74) is 1.38. The molecule has 1 atom stereocenters. The fraction of sp³-hybridized carbons (Fsp3) is 0.625. The van der Waals surface area contributed by atoms with Crippen LogP contribution in [0.2, 0.25) is 5.02 Å². The van der Waals surface area contributed by atoms with Gasteiger partial charge in [-0.2, -0.15) is 0 Å². The Morgan fingerprint density at radius 2 is 1.78 bits per heavy atom. The van der Waals surface area contributed by atoms with Crippen LogP contribution < -0.4 is 5.32 Å². The smallest absolute Gasteiger partial charge is 0.0406 e. The quantitative estimate of drug-likeness (QED) is 0.632. The van der Waals surface area contributed by atoms with Gasteiger partial charge < -0.3 is 5.32 Å². The number of nitrogens with one attached hydrogen (secondary N) is 1. The lowest BCUT2D eigenvalue weighted by Gasteiger charge is -2.18. The highest BCUT2D eigenvalue weighted by Gasteiger charge is 2.08. The number of hydrogen-bond donors (Lipinski definition) is 1. The van der Waals surface area contributed by atoms with Gasteiger partial charge in [0.25, 0.3) is 0 Å². The average molecular weight is 268 g/mol. The fourth-order valence-electron chi connectivity index (χ4n) is 2.17. The maximum Gasteiger partial charge on any atom is 0.0406 e. The zero-order chi connectivity index (χ0) is 13.2. The predicted octanol–water partition coefficient (Wildman–Crippen LogP) is 4.83. The van der Waals surface area contributed by atoms with Crippen LogP contribution in [0.15, 0.2) is 24.3 Å². The highest BCUT2D eigenvalue weighted by Crippen LogP contribution is 2.13. The Morgan fingerprint density at radius 3 is 2.39 bits per heavy atom. The standard InChI is InChI=1S/C16H26ClN/c1-3-5-6-7-16(18-12-4-2)13-14-8-10-15(17)11-9-14/h8-11,16,18H,3-7,12-13H2,1-2H3. The Morgan fingerprint density at radius 1 is 1.06 bits per heavy atom. The van der Waals surface area contributed by atoms with Gasteiger partial charge in [0.05, 0.1) is 0 Å². The summed E-state index contributed by atoms with van der Waals surface area (Å²) in [6.45, 7) is 5.59. The van der Waals surface area contributed by atoms with Gasteiger partial charge in [-0.1, -0.05) is 56.8 Å². The SMILES string of the molecule is CCCCCC(Cc1ccc(Cl)cc1)NCCC. The molecule has 0 radical (unpaired) electrons. The maximum absolute atomic E-state index is 5.92. The lowest BCUT2D eigenvalue weighted by Crippen LogP contribution is -2.31. The second kappa shape index (κ2) is 9.41. The molecular weight excluding hydrogens is 242 g/mol. The normalized spacial score (nSPS) is 12.6. The van der Waals surface area contributed by atoms with Crippen molar-refractivity contribution < 1.29 is 0 Å². The van der Waals surface area contributed by atoms with Gasteiger partial charge in [0, 0.05) is 11.1 Å². The van der Waals surface area contributed by atoms with Crippen molar-refractivity contribution in [2.75, 3.05) is 6.54 Å². The molecule has 1 aromatic rings. The lowest BCUT2D eigenvalue weighted by atomic mass is 10.0. The van der Waals surface area contributed by atoms with Crippen LogP contribution in [0, 0.1) is 0 Å². The molecule has 0 aliphatic heterocycles. The van der Waals surface area contributed by atoms with E-state index < -0.39 is 0 Å². The first-order chi connectivity index (χ1) is 8.76. The van der Waals surface area contributed by atoms with Gasteiger partial charge in [0.1, 0.15) is 0 Å². The van der Waals surface area contributed by atoms with Gasteiger partial charge >= 0.3 is 0 Å². The van der Waals surface area contributed by atoms with E-state index in [0.29, 0.717) is 6.04 Å². The summed E-state index contributed by atoms with van der Waals surface area (Å²) in [7, 11) is 0. The van der Waals surface area contributed by atoms with E-state index in [1.807, 2.05) is 12.1 Å². The minimum Gasteiger partial charge on any atom is -0.314 e. The third-order valence-electron chi connectivity index (χ3n) is 3.23. The van der Waals surface area contributed by atoms with Crippen LogP contribution in [0.3, 0.4) is 0 Å². The molecule has 0 heterocycles. The van der Waals surface area contributed by atoms with Crippen molar-refractivity contribution in [2.45, 2.75) is 58.4 Å². The monoisotopic (exact) mass is 267 g/mol. The Hall–Kier alpha value is -0.530. The predicted molar refractivity (Wildman–Crippen MR) is 81.4 cm³/mol. The lowest BCUT2D eigenvalue weighted by molar-refractivity contribution is 0.456. The van der Waals surface area contributed by atoms with Crippen molar-refractivity contribution in [3.8, 4) is 0 Å². The number of benzene rings is 1. The molecule has 0 saturated carbocycles. The summed E-state index contributed by atoms with van der Waals surface area (Å²) in [6, 6.07) is 8.86. The van der Waals surface area contributed by atoms with Crippen molar-refractivity contribution >= 4 is 11.6 Å². The number of rotatable bonds is 9. The van der Waals surface area contributed by atoms with E-state index in [1.54, 1.807) is 0 Å². The van der Waals surface area contributed by atoms with E-state index in [0.717, 1.165) is 18.0 Å². The second-order valence-electron chi connectivity index (χ2n) is 4.98. The summed E-state index contributed by atoms with van der Waals surface area (Å²) in [6.07, 6.45) is 7.54. The van der Waals surface area contributed by atoms with E-state index in [-0.39, 0.29) is 0 Å². The first kappa shape index (κ1) is 15.5. The van der Waals surface area contributed by atoms with Crippen LogP contribution in [-0.4, -0.2) is 12.6 Å². The highest BCUT2D eigenvalue weighted by atomic mass is 35.5. The third kappa shape index (κ3) is 6.42. The summed E-state index contributed by atoms with van der Waals surface area (Å²) >= 11 is 5.92. The Labute approximate surface area is 117 Å². The maximum atomic E-state index is 5.92. The van der Waals surface area contributed by atoms with Crippen LogP contribution in [0.5, 0.6) is 0 Å². The van der Waals surface area contributed by atoms with E-state index in [2.05, 4.69) is 31.3 Å². The molecule has 0 fully saturated rings. The topological polar surface area (TPSA) is 12.0 Å². The molecule has 1 aromatic carbocycles. The Kier molecular flexibility index (Phi) is 8.11. The van der Waals surface area contributed by atoms with E-state index in [1.165, 1.54) is 37.7 Å². The molecule has 1 nitrogen and oxygen atoms in total. The minimum absolute atomic E-state index is 0.609. The molecule has 1 rings (SSSR count). The van der Waals surface area contributed by atoms with E-state index >= 15 is 0 Å². The Balaban J connectivity index is 2.45.